The second-order valence-electron chi connectivity index (χ2n) is 6.41. The summed E-state index contributed by atoms with van der Waals surface area (Å²) in [5, 5.41) is 7.30. The minimum absolute atomic E-state index is 0.0602. The largest absolute Gasteiger partial charge is 0.348 e. The van der Waals surface area contributed by atoms with Crippen LogP contribution >= 0.6 is 0 Å². The number of benzene rings is 1. The molecule has 2 heterocycles. The quantitative estimate of drug-likeness (QED) is 0.743. The molecule has 3 rings (SSSR count). The van der Waals surface area contributed by atoms with Crippen LogP contribution in [0, 0.1) is 0 Å². The lowest BCUT2D eigenvalue weighted by molar-refractivity contribution is 0.0915. The van der Waals surface area contributed by atoms with E-state index in [1.807, 2.05) is 39.2 Å². The van der Waals surface area contributed by atoms with Crippen molar-refractivity contribution in [2.75, 3.05) is 14.1 Å². The van der Waals surface area contributed by atoms with E-state index in [9.17, 15) is 4.79 Å². The van der Waals surface area contributed by atoms with Gasteiger partial charge in [-0.05, 0) is 44.8 Å². The fraction of sp³-hybridized carbons (Fsp3) is 0.250. The average molecular weight is 349 g/mol. The highest BCUT2D eigenvalue weighted by atomic mass is 16.1. The topological polar surface area (TPSA) is 63.1 Å². The number of likely N-dealkylation sites (N-methyl/N-ethyl adjacent to an activating group) is 1. The van der Waals surface area contributed by atoms with Gasteiger partial charge in [0, 0.05) is 24.6 Å². The van der Waals surface area contributed by atoms with Crippen molar-refractivity contribution < 1.29 is 4.79 Å². The van der Waals surface area contributed by atoms with E-state index in [0.717, 1.165) is 5.56 Å². The van der Waals surface area contributed by atoms with Gasteiger partial charge < -0.3 is 10.2 Å². The summed E-state index contributed by atoms with van der Waals surface area (Å²) in [6.07, 6.45) is 5.09. The van der Waals surface area contributed by atoms with Gasteiger partial charge in [0.2, 0.25) is 0 Å². The van der Waals surface area contributed by atoms with Gasteiger partial charge in [-0.3, -0.25) is 4.79 Å². The van der Waals surface area contributed by atoms with Gasteiger partial charge in [-0.25, -0.2) is 9.67 Å². The molecule has 3 aromatic rings. The Morgan fingerprint density at radius 2 is 1.85 bits per heavy atom. The van der Waals surface area contributed by atoms with Crippen LogP contribution < -0.4 is 5.32 Å². The van der Waals surface area contributed by atoms with E-state index in [1.54, 1.807) is 41.5 Å². The summed E-state index contributed by atoms with van der Waals surface area (Å²) in [6.45, 7) is 2.01. The van der Waals surface area contributed by atoms with Crippen molar-refractivity contribution in [2.24, 2.45) is 0 Å². The Morgan fingerprint density at radius 3 is 2.50 bits per heavy atom. The molecule has 6 nitrogen and oxygen atoms in total. The zero-order valence-electron chi connectivity index (χ0n) is 15.2. The molecule has 1 amide bonds. The summed E-state index contributed by atoms with van der Waals surface area (Å²) < 4.78 is 1.60. The summed E-state index contributed by atoms with van der Waals surface area (Å²) in [5.74, 6) is 0.349. The molecule has 26 heavy (non-hydrogen) atoms. The van der Waals surface area contributed by atoms with E-state index in [0.29, 0.717) is 11.4 Å². The number of carbonyl (C=O) groups is 1. The van der Waals surface area contributed by atoms with Gasteiger partial charge in [0.15, 0.2) is 5.82 Å². The first-order valence-electron chi connectivity index (χ1n) is 8.55. The van der Waals surface area contributed by atoms with Gasteiger partial charge in [0.05, 0.1) is 11.6 Å². The van der Waals surface area contributed by atoms with Crippen LogP contribution in [0.2, 0.25) is 0 Å². The first-order chi connectivity index (χ1) is 12.6. The highest BCUT2D eigenvalue weighted by molar-refractivity contribution is 5.97. The summed E-state index contributed by atoms with van der Waals surface area (Å²) in [6, 6.07) is 15.5. The van der Waals surface area contributed by atoms with Crippen molar-refractivity contribution >= 4 is 5.91 Å². The van der Waals surface area contributed by atoms with E-state index < -0.39 is 0 Å². The number of nitrogens with zero attached hydrogens (tertiary/aromatic N) is 4. The number of hydrogen-bond acceptors (Lipinski definition) is 4. The molecular formula is C20H23N5O. The van der Waals surface area contributed by atoms with E-state index in [4.69, 9.17) is 0 Å². The lowest BCUT2D eigenvalue weighted by Crippen LogP contribution is -2.42. The first kappa shape index (κ1) is 17.8. The molecule has 0 radical (unpaired) electrons. The molecule has 134 valence electrons. The van der Waals surface area contributed by atoms with Crippen molar-refractivity contribution in [3.8, 4) is 5.82 Å². The van der Waals surface area contributed by atoms with E-state index >= 15 is 0 Å². The van der Waals surface area contributed by atoms with Gasteiger partial charge in [-0.1, -0.05) is 30.3 Å². The summed E-state index contributed by atoms with van der Waals surface area (Å²) in [7, 11) is 4.03. The van der Waals surface area contributed by atoms with Crippen LogP contribution in [0.1, 0.15) is 28.9 Å². The van der Waals surface area contributed by atoms with Gasteiger partial charge in [-0.15, -0.1) is 0 Å². The van der Waals surface area contributed by atoms with Crippen molar-refractivity contribution in [1.82, 2.24) is 25.0 Å². The second kappa shape index (κ2) is 7.93. The Kier molecular flexibility index (Phi) is 5.43. The first-order valence-corrected chi connectivity index (χ1v) is 8.55. The molecular weight excluding hydrogens is 326 g/mol. The van der Waals surface area contributed by atoms with Crippen LogP contribution in [0.5, 0.6) is 0 Å². The van der Waals surface area contributed by atoms with Crippen molar-refractivity contribution in [3.05, 3.63) is 78.2 Å². The third-order valence-electron chi connectivity index (χ3n) is 4.28. The summed E-state index contributed by atoms with van der Waals surface area (Å²) in [5.41, 5.74) is 1.65. The molecule has 0 unspecified atom stereocenters. The van der Waals surface area contributed by atoms with Gasteiger partial charge in [0.25, 0.3) is 5.91 Å². The lowest BCUT2D eigenvalue weighted by atomic mass is 9.99. The Morgan fingerprint density at radius 1 is 1.08 bits per heavy atom. The van der Waals surface area contributed by atoms with Crippen molar-refractivity contribution in [3.63, 3.8) is 0 Å². The van der Waals surface area contributed by atoms with E-state index in [1.165, 1.54) is 0 Å². The highest BCUT2D eigenvalue weighted by Crippen LogP contribution is 2.22. The van der Waals surface area contributed by atoms with Crippen LogP contribution in [0.3, 0.4) is 0 Å². The van der Waals surface area contributed by atoms with E-state index in [2.05, 4.69) is 32.4 Å². The summed E-state index contributed by atoms with van der Waals surface area (Å²) in [4.78, 5) is 19.3. The monoisotopic (exact) mass is 349 g/mol. The Bertz CT molecular complexity index is 846. The maximum atomic E-state index is 12.9. The standard InChI is InChI=1S/C20H23N5O/c1-15(18(24(2)3)16-9-5-4-6-10-16)23-20(26)17-11-7-12-21-19(17)25-14-8-13-22-25/h4-15,18H,1-3H3,(H,23,26)/t15-,18-/m0/s1. The smallest absolute Gasteiger partial charge is 0.255 e. The van der Waals surface area contributed by atoms with Crippen molar-refractivity contribution in [2.45, 2.75) is 19.0 Å². The third-order valence-corrected chi connectivity index (χ3v) is 4.28. The van der Waals surface area contributed by atoms with Crippen LogP contribution in [-0.4, -0.2) is 45.7 Å². The van der Waals surface area contributed by atoms with Crippen molar-refractivity contribution in [1.29, 1.82) is 0 Å². The number of amides is 1. The van der Waals surface area contributed by atoms with E-state index in [-0.39, 0.29) is 18.0 Å². The molecule has 1 N–H and O–H groups in total. The number of pyridine rings is 1. The molecule has 0 aliphatic heterocycles. The minimum Gasteiger partial charge on any atom is -0.348 e. The Balaban J connectivity index is 1.84. The number of hydrogen-bond donors (Lipinski definition) is 1. The number of rotatable bonds is 6. The number of aromatic nitrogens is 3. The Labute approximate surface area is 153 Å². The zero-order valence-corrected chi connectivity index (χ0v) is 15.2. The SMILES string of the molecule is C[C@H](NC(=O)c1cccnc1-n1cccn1)[C@@H](c1ccccc1)N(C)C. The Hall–Kier alpha value is -2.99. The predicted molar refractivity (Wildman–Crippen MR) is 101 cm³/mol. The second-order valence-corrected chi connectivity index (χ2v) is 6.41. The van der Waals surface area contributed by atoms with Crippen LogP contribution in [0.25, 0.3) is 5.82 Å². The average Bonchev–Trinajstić information content (AvgIpc) is 3.17. The fourth-order valence-corrected chi connectivity index (χ4v) is 3.20. The maximum absolute atomic E-state index is 12.9. The van der Waals surface area contributed by atoms with Gasteiger partial charge in [-0.2, -0.15) is 5.10 Å². The van der Waals surface area contributed by atoms with Crippen LogP contribution in [0.4, 0.5) is 0 Å². The van der Waals surface area contributed by atoms with Gasteiger partial charge >= 0.3 is 0 Å². The number of carbonyl (C=O) groups excluding carboxylic acids is 1. The predicted octanol–water partition coefficient (Wildman–Crippen LogP) is 2.69. The molecule has 0 spiro atoms. The lowest BCUT2D eigenvalue weighted by Gasteiger charge is -2.31. The highest BCUT2D eigenvalue weighted by Gasteiger charge is 2.24. The number of nitrogens with one attached hydrogen (secondary N) is 1. The molecule has 0 aliphatic rings. The molecule has 0 saturated heterocycles. The fourth-order valence-electron chi connectivity index (χ4n) is 3.20. The zero-order chi connectivity index (χ0) is 18.5. The summed E-state index contributed by atoms with van der Waals surface area (Å²) >= 11 is 0. The molecule has 0 fully saturated rings. The molecule has 2 atom stereocenters. The minimum atomic E-state index is -0.168. The third kappa shape index (κ3) is 3.81. The van der Waals surface area contributed by atoms with Crippen LogP contribution in [-0.2, 0) is 0 Å². The molecule has 0 saturated carbocycles. The normalized spacial score (nSPS) is 13.4. The molecule has 0 bridgehead atoms. The maximum Gasteiger partial charge on any atom is 0.255 e. The molecule has 6 heteroatoms. The van der Waals surface area contributed by atoms with Crippen LogP contribution in [0.15, 0.2) is 67.1 Å². The molecule has 0 aliphatic carbocycles. The molecule has 1 aromatic carbocycles. The van der Waals surface area contributed by atoms with Gasteiger partial charge in [0.1, 0.15) is 0 Å². The molecule has 2 aromatic heterocycles.